The van der Waals surface area contributed by atoms with Crippen LogP contribution in [-0.2, 0) is 19.1 Å². The Morgan fingerprint density at radius 1 is 1.19 bits per heavy atom. The zero-order valence-electron chi connectivity index (χ0n) is 15.7. The second-order valence-electron chi connectivity index (χ2n) is 6.04. The standard InChI is InChI=1S/C20H28ClNO4/c1-4-25-20(24)12-14-22(13-5-15-26-16(2)3)19(23)11-8-17-6-9-18(21)10-7-17/h6-11,16H,4-5,12-15H2,1-3H3/b11-8+. The summed E-state index contributed by atoms with van der Waals surface area (Å²) in [5.41, 5.74) is 0.885. The molecule has 0 atom stereocenters. The summed E-state index contributed by atoms with van der Waals surface area (Å²) in [5, 5.41) is 0.648. The minimum atomic E-state index is -0.301. The third kappa shape index (κ3) is 9.59. The van der Waals surface area contributed by atoms with Gasteiger partial charge in [-0.1, -0.05) is 23.7 Å². The van der Waals surface area contributed by atoms with Crippen molar-refractivity contribution in [3.8, 4) is 0 Å². The molecule has 0 radical (unpaired) electrons. The molecule has 1 aromatic rings. The first-order valence-electron chi connectivity index (χ1n) is 8.92. The van der Waals surface area contributed by atoms with Crippen LogP contribution in [0.15, 0.2) is 30.3 Å². The molecule has 0 fully saturated rings. The SMILES string of the molecule is CCOC(=O)CCN(CCCOC(C)C)C(=O)/C=C/c1ccc(Cl)cc1. The maximum absolute atomic E-state index is 12.5. The van der Waals surface area contributed by atoms with Crippen LogP contribution in [0.3, 0.4) is 0 Å². The van der Waals surface area contributed by atoms with Crippen molar-refractivity contribution < 1.29 is 19.1 Å². The van der Waals surface area contributed by atoms with Gasteiger partial charge >= 0.3 is 5.97 Å². The van der Waals surface area contributed by atoms with Crippen molar-refractivity contribution in [2.45, 2.75) is 39.7 Å². The molecule has 1 amide bonds. The van der Waals surface area contributed by atoms with Crippen molar-refractivity contribution in [2.75, 3.05) is 26.3 Å². The Labute approximate surface area is 160 Å². The zero-order valence-corrected chi connectivity index (χ0v) is 16.5. The number of ether oxygens (including phenoxy) is 2. The molecule has 26 heavy (non-hydrogen) atoms. The lowest BCUT2D eigenvalue weighted by Gasteiger charge is -2.21. The molecule has 5 nitrogen and oxygen atoms in total. The molecule has 0 unspecified atom stereocenters. The topological polar surface area (TPSA) is 55.8 Å². The van der Waals surface area contributed by atoms with Gasteiger partial charge in [0.25, 0.3) is 0 Å². The third-order valence-electron chi connectivity index (χ3n) is 3.51. The fourth-order valence-electron chi connectivity index (χ4n) is 2.21. The minimum Gasteiger partial charge on any atom is -0.466 e. The molecule has 144 valence electrons. The Kier molecular flexibility index (Phi) is 10.7. The van der Waals surface area contributed by atoms with E-state index in [0.717, 1.165) is 5.56 Å². The Hall–Kier alpha value is -1.85. The van der Waals surface area contributed by atoms with Crippen LogP contribution in [0.2, 0.25) is 5.02 Å². The molecule has 1 aromatic carbocycles. The smallest absolute Gasteiger partial charge is 0.307 e. The summed E-state index contributed by atoms with van der Waals surface area (Å²) >= 11 is 5.86. The highest BCUT2D eigenvalue weighted by molar-refractivity contribution is 6.30. The number of amides is 1. The van der Waals surface area contributed by atoms with Crippen molar-refractivity contribution in [1.82, 2.24) is 4.90 Å². The first-order chi connectivity index (χ1) is 12.4. The van der Waals surface area contributed by atoms with Gasteiger partial charge < -0.3 is 14.4 Å². The Morgan fingerprint density at radius 3 is 2.50 bits per heavy atom. The van der Waals surface area contributed by atoms with Crippen LogP contribution in [0, 0.1) is 0 Å². The summed E-state index contributed by atoms with van der Waals surface area (Å²) in [6.45, 7) is 7.46. The summed E-state index contributed by atoms with van der Waals surface area (Å²) in [5.74, 6) is -0.445. The van der Waals surface area contributed by atoms with Gasteiger partial charge in [0.2, 0.25) is 5.91 Å². The van der Waals surface area contributed by atoms with E-state index < -0.39 is 0 Å². The van der Waals surface area contributed by atoms with E-state index in [1.165, 1.54) is 6.08 Å². The van der Waals surface area contributed by atoms with E-state index in [4.69, 9.17) is 21.1 Å². The largest absolute Gasteiger partial charge is 0.466 e. The Balaban J connectivity index is 2.63. The van der Waals surface area contributed by atoms with Gasteiger partial charge in [-0.2, -0.15) is 0 Å². The predicted molar refractivity (Wildman–Crippen MR) is 104 cm³/mol. The summed E-state index contributed by atoms with van der Waals surface area (Å²) < 4.78 is 10.5. The van der Waals surface area contributed by atoms with Gasteiger partial charge in [-0.25, -0.2) is 0 Å². The highest BCUT2D eigenvalue weighted by Gasteiger charge is 2.13. The number of hydrogen-bond acceptors (Lipinski definition) is 4. The van der Waals surface area contributed by atoms with Crippen LogP contribution in [0.1, 0.15) is 39.2 Å². The maximum atomic E-state index is 12.5. The Bertz CT molecular complexity index is 584. The lowest BCUT2D eigenvalue weighted by Crippen LogP contribution is -2.33. The quantitative estimate of drug-likeness (QED) is 0.331. The van der Waals surface area contributed by atoms with Crippen molar-refractivity contribution >= 4 is 29.6 Å². The lowest BCUT2D eigenvalue weighted by molar-refractivity contribution is -0.143. The van der Waals surface area contributed by atoms with Crippen molar-refractivity contribution in [1.29, 1.82) is 0 Å². The van der Waals surface area contributed by atoms with E-state index in [0.29, 0.717) is 37.7 Å². The summed E-state index contributed by atoms with van der Waals surface area (Å²) in [6, 6.07) is 7.22. The molecule has 0 aliphatic heterocycles. The predicted octanol–water partition coefficient (Wildman–Crippen LogP) is 3.95. The average molecular weight is 382 g/mol. The van der Waals surface area contributed by atoms with E-state index in [-0.39, 0.29) is 24.4 Å². The van der Waals surface area contributed by atoms with Crippen molar-refractivity contribution in [3.05, 3.63) is 40.9 Å². The number of carbonyl (C=O) groups excluding carboxylic acids is 2. The molecule has 0 heterocycles. The Morgan fingerprint density at radius 2 is 1.88 bits per heavy atom. The van der Waals surface area contributed by atoms with Crippen LogP contribution < -0.4 is 0 Å². The van der Waals surface area contributed by atoms with Crippen LogP contribution in [0.5, 0.6) is 0 Å². The van der Waals surface area contributed by atoms with E-state index in [2.05, 4.69) is 0 Å². The molecule has 0 aliphatic carbocycles. The number of nitrogens with zero attached hydrogens (tertiary/aromatic N) is 1. The van der Waals surface area contributed by atoms with Crippen LogP contribution >= 0.6 is 11.6 Å². The number of esters is 1. The van der Waals surface area contributed by atoms with E-state index in [1.54, 1.807) is 30.0 Å². The minimum absolute atomic E-state index is 0.145. The number of hydrogen-bond donors (Lipinski definition) is 0. The zero-order chi connectivity index (χ0) is 19.4. The van der Waals surface area contributed by atoms with Crippen LogP contribution in [-0.4, -0.2) is 49.2 Å². The van der Waals surface area contributed by atoms with Gasteiger partial charge in [-0.05, 0) is 51.0 Å². The second kappa shape index (κ2) is 12.5. The van der Waals surface area contributed by atoms with Gasteiger partial charge in [-0.15, -0.1) is 0 Å². The molecular formula is C20H28ClNO4. The van der Waals surface area contributed by atoms with Gasteiger partial charge in [0.05, 0.1) is 19.1 Å². The van der Waals surface area contributed by atoms with Gasteiger partial charge in [0.1, 0.15) is 0 Å². The molecule has 1 rings (SSSR count). The van der Waals surface area contributed by atoms with Crippen LogP contribution in [0.4, 0.5) is 0 Å². The van der Waals surface area contributed by atoms with Crippen molar-refractivity contribution in [2.24, 2.45) is 0 Å². The number of rotatable bonds is 11. The summed E-state index contributed by atoms with van der Waals surface area (Å²) in [7, 11) is 0. The normalized spacial score (nSPS) is 11.1. The van der Waals surface area contributed by atoms with Gasteiger partial charge in [0, 0.05) is 30.8 Å². The fraction of sp³-hybridized carbons (Fsp3) is 0.500. The average Bonchev–Trinajstić information content (AvgIpc) is 2.60. The molecule has 0 spiro atoms. The first kappa shape index (κ1) is 22.2. The molecule has 0 aromatic heterocycles. The number of halogens is 1. The van der Waals surface area contributed by atoms with Gasteiger partial charge in [-0.3, -0.25) is 9.59 Å². The molecule has 6 heteroatoms. The fourth-order valence-corrected chi connectivity index (χ4v) is 2.34. The molecular weight excluding hydrogens is 354 g/mol. The number of carbonyl (C=O) groups is 2. The van der Waals surface area contributed by atoms with Crippen molar-refractivity contribution in [3.63, 3.8) is 0 Å². The molecule has 0 bridgehead atoms. The molecule has 0 saturated carbocycles. The monoisotopic (exact) mass is 381 g/mol. The summed E-state index contributed by atoms with van der Waals surface area (Å²) in [4.78, 5) is 25.7. The highest BCUT2D eigenvalue weighted by atomic mass is 35.5. The second-order valence-corrected chi connectivity index (χ2v) is 6.47. The van der Waals surface area contributed by atoms with E-state index in [1.807, 2.05) is 26.0 Å². The van der Waals surface area contributed by atoms with Gasteiger partial charge in [0.15, 0.2) is 0 Å². The summed E-state index contributed by atoms with van der Waals surface area (Å²) in [6.07, 6.45) is 4.29. The van der Waals surface area contributed by atoms with E-state index in [9.17, 15) is 9.59 Å². The highest BCUT2D eigenvalue weighted by Crippen LogP contribution is 2.11. The lowest BCUT2D eigenvalue weighted by atomic mass is 10.2. The third-order valence-corrected chi connectivity index (χ3v) is 3.77. The maximum Gasteiger partial charge on any atom is 0.307 e. The molecule has 0 aliphatic rings. The molecule has 0 N–H and O–H groups in total. The number of benzene rings is 1. The molecule has 0 saturated heterocycles. The van der Waals surface area contributed by atoms with E-state index >= 15 is 0 Å². The van der Waals surface area contributed by atoms with Crippen LogP contribution in [0.25, 0.3) is 6.08 Å². The first-order valence-corrected chi connectivity index (χ1v) is 9.30.